The SMILES string of the molecule is CCN(Cc1ccccn1)C(=O)CC1(CN)CCC1. The molecule has 2 N–H and O–H groups in total. The Kier molecular flexibility index (Phi) is 4.53. The quantitative estimate of drug-likeness (QED) is 0.851. The lowest BCUT2D eigenvalue weighted by molar-refractivity contribution is -0.135. The van der Waals surface area contributed by atoms with Gasteiger partial charge in [-0.25, -0.2) is 0 Å². The summed E-state index contributed by atoms with van der Waals surface area (Å²) >= 11 is 0. The van der Waals surface area contributed by atoms with E-state index in [4.69, 9.17) is 5.73 Å². The fourth-order valence-corrected chi connectivity index (χ4v) is 2.63. The van der Waals surface area contributed by atoms with Gasteiger partial charge in [-0.3, -0.25) is 9.78 Å². The zero-order valence-corrected chi connectivity index (χ0v) is 11.6. The van der Waals surface area contributed by atoms with Gasteiger partial charge in [0, 0.05) is 19.2 Å². The molecule has 1 fully saturated rings. The number of nitrogens with two attached hydrogens (primary N) is 1. The van der Waals surface area contributed by atoms with Crippen LogP contribution in [0.5, 0.6) is 0 Å². The van der Waals surface area contributed by atoms with Crippen molar-refractivity contribution in [2.45, 2.75) is 39.2 Å². The lowest BCUT2D eigenvalue weighted by Gasteiger charge is -2.41. The number of amides is 1. The van der Waals surface area contributed by atoms with Crippen molar-refractivity contribution >= 4 is 5.91 Å². The molecule has 1 amide bonds. The standard InChI is InChI=1S/C15H23N3O/c1-2-18(11-13-6-3-4-9-17-13)14(19)10-15(12-16)7-5-8-15/h3-4,6,9H,2,5,7-8,10-12,16H2,1H3. The van der Waals surface area contributed by atoms with Crippen LogP contribution in [-0.2, 0) is 11.3 Å². The van der Waals surface area contributed by atoms with E-state index in [1.54, 1.807) is 6.20 Å². The van der Waals surface area contributed by atoms with Crippen LogP contribution in [0, 0.1) is 5.41 Å². The largest absolute Gasteiger partial charge is 0.337 e. The van der Waals surface area contributed by atoms with E-state index in [0.29, 0.717) is 19.5 Å². The van der Waals surface area contributed by atoms with Crippen molar-refractivity contribution in [2.75, 3.05) is 13.1 Å². The minimum absolute atomic E-state index is 0.0780. The number of nitrogens with zero attached hydrogens (tertiary/aromatic N) is 2. The van der Waals surface area contributed by atoms with Gasteiger partial charge in [-0.2, -0.15) is 0 Å². The fourth-order valence-electron chi connectivity index (χ4n) is 2.63. The van der Waals surface area contributed by atoms with E-state index in [9.17, 15) is 4.79 Å². The predicted molar refractivity (Wildman–Crippen MR) is 75.3 cm³/mol. The molecule has 1 saturated carbocycles. The lowest BCUT2D eigenvalue weighted by atomic mass is 9.66. The molecule has 0 unspecified atom stereocenters. The van der Waals surface area contributed by atoms with Crippen molar-refractivity contribution in [3.8, 4) is 0 Å². The second-order valence-corrected chi connectivity index (χ2v) is 5.46. The summed E-state index contributed by atoms with van der Waals surface area (Å²) < 4.78 is 0. The Morgan fingerprint density at radius 3 is 2.74 bits per heavy atom. The minimum Gasteiger partial charge on any atom is -0.337 e. The summed E-state index contributed by atoms with van der Waals surface area (Å²) in [4.78, 5) is 18.5. The molecule has 0 bridgehead atoms. The normalized spacial score (nSPS) is 16.7. The zero-order chi connectivity index (χ0) is 13.7. The highest BCUT2D eigenvalue weighted by Gasteiger charge is 2.38. The first kappa shape index (κ1) is 14.0. The van der Waals surface area contributed by atoms with Crippen molar-refractivity contribution in [1.82, 2.24) is 9.88 Å². The highest BCUT2D eigenvalue weighted by Crippen LogP contribution is 2.43. The van der Waals surface area contributed by atoms with Crippen LogP contribution in [0.1, 0.15) is 38.3 Å². The molecule has 1 aliphatic carbocycles. The molecule has 1 heterocycles. The van der Waals surface area contributed by atoms with Crippen LogP contribution in [-0.4, -0.2) is 28.9 Å². The number of carbonyl (C=O) groups excluding carboxylic acids is 1. The van der Waals surface area contributed by atoms with Gasteiger partial charge in [0.2, 0.25) is 5.91 Å². The van der Waals surface area contributed by atoms with E-state index in [1.807, 2.05) is 30.0 Å². The van der Waals surface area contributed by atoms with Gasteiger partial charge in [0.05, 0.1) is 12.2 Å². The van der Waals surface area contributed by atoms with Crippen molar-refractivity contribution in [3.63, 3.8) is 0 Å². The van der Waals surface area contributed by atoms with Crippen molar-refractivity contribution in [3.05, 3.63) is 30.1 Å². The predicted octanol–water partition coefficient (Wildman–Crippen LogP) is 1.95. The molecule has 1 aliphatic rings. The molecule has 1 aromatic rings. The molecule has 2 rings (SSSR count). The third kappa shape index (κ3) is 3.32. The van der Waals surface area contributed by atoms with E-state index in [-0.39, 0.29) is 11.3 Å². The van der Waals surface area contributed by atoms with Crippen LogP contribution in [0.3, 0.4) is 0 Å². The smallest absolute Gasteiger partial charge is 0.223 e. The van der Waals surface area contributed by atoms with Crippen LogP contribution in [0.2, 0.25) is 0 Å². The molecule has 4 heteroatoms. The van der Waals surface area contributed by atoms with Crippen LogP contribution >= 0.6 is 0 Å². The van der Waals surface area contributed by atoms with E-state index in [0.717, 1.165) is 25.1 Å². The van der Waals surface area contributed by atoms with E-state index >= 15 is 0 Å². The van der Waals surface area contributed by atoms with Crippen LogP contribution in [0.25, 0.3) is 0 Å². The number of carbonyl (C=O) groups is 1. The van der Waals surface area contributed by atoms with Gasteiger partial charge in [0.1, 0.15) is 0 Å². The molecule has 0 atom stereocenters. The first-order valence-corrected chi connectivity index (χ1v) is 7.07. The third-order valence-corrected chi connectivity index (χ3v) is 4.19. The molecule has 19 heavy (non-hydrogen) atoms. The summed E-state index contributed by atoms with van der Waals surface area (Å²) in [6.07, 6.45) is 5.74. The molecule has 0 aliphatic heterocycles. The summed E-state index contributed by atoms with van der Waals surface area (Å²) in [6, 6.07) is 5.80. The number of hydrogen-bond acceptors (Lipinski definition) is 3. The monoisotopic (exact) mass is 261 g/mol. The second kappa shape index (κ2) is 6.15. The minimum atomic E-state index is 0.0780. The highest BCUT2D eigenvalue weighted by atomic mass is 16.2. The van der Waals surface area contributed by atoms with E-state index in [2.05, 4.69) is 4.98 Å². The number of aromatic nitrogens is 1. The molecule has 0 spiro atoms. The maximum atomic E-state index is 12.4. The van der Waals surface area contributed by atoms with Gasteiger partial charge < -0.3 is 10.6 Å². The maximum Gasteiger partial charge on any atom is 0.223 e. The second-order valence-electron chi connectivity index (χ2n) is 5.46. The summed E-state index contributed by atoms with van der Waals surface area (Å²) in [5.74, 6) is 0.207. The Bertz CT molecular complexity index is 409. The van der Waals surface area contributed by atoms with Crippen molar-refractivity contribution in [1.29, 1.82) is 0 Å². The van der Waals surface area contributed by atoms with Gasteiger partial charge >= 0.3 is 0 Å². The molecule has 4 nitrogen and oxygen atoms in total. The molecule has 0 radical (unpaired) electrons. The van der Waals surface area contributed by atoms with Crippen LogP contribution < -0.4 is 5.73 Å². The fraction of sp³-hybridized carbons (Fsp3) is 0.600. The number of hydrogen-bond donors (Lipinski definition) is 1. The molecule has 1 aromatic heterocycles. The van der Waals surface area contributed by atoms with Crippen molar-refractivity contribution in [2.24, 2.45) is 11.1 Å². The Morgan fingerprint density at radius 1 is 1.47 bits per heavy atom. The van der Waals surface area contributed by atoms with Crippen LogP contribution in [0.4, 0.5) is 0 Å². The highest BCUT2D eigenvalue weighted by molar-refractivity contribution is 5.77. The summed E-state index contributed by atoms with van der Waals surface area (Å²) in [7, 11) is 0. The topological polar surface area (TPSA) is 59.2 Å². The Morgan fingerprint density at radius 2 is 2.26 bits per heavy atom. The molecule has 0 aromatic carbocycles. The summed E-state index contributed by atoms with van der Waals surface area (Å²) in [6.45, 7) is 3.95. The summed E-state index contributed by atoms with van der Waals surface area (Å²) in [5, 5.41) is 0. The zero-order valence-electron chi connectivity index (χ0n) is 11.6. The molecule has 104 valence electrons. The number of pyridine rings is 1. The Balaban J connectivity index is 1.95. The molecular weight excluding hydrogens is 238 g/mol. The van der Waals surface area contributed by atoms with Crippen molar-refractivity contribution < 1.29 is 4.79 Å². The van der Waals surface area contributed by atoms with Gasteiger partial charge in [-0.15, -0.1) is 0 Å². The van der Waals surface area contributed by atoms with Gasteiger partial charge in [0.25, 0.3) is 0 Å². The average molecular weight is 261 g/mol. The van der Waals surface area contributed by atoms with Gasteiger partial charge in [-0.1, -0.05) is 12.5 Å². The molecular formula is C15H23N3O. The van der Waals surface area contributed by atoms with E-state index in [1.165, 1.54) is 6.42 Å². The first-order chi connectivity index (χ1) is 9.19. The maximum absolute atomic E-state index is 12.4. The Hall–Kier alpha value is -1.42. The first-order valence-electron chi connectivity index (χ1n) is 7.07. The van der Waals surface area contributed by atoms with Crippen LogP contribution in [0.15, 0.2) is 24.4 Å². The summed E-state index contributed by atoms with van der Waals surface area (Å²) in [5.41, 5.74) is 6.84. The number of rotatable bonds is 6. The average Bonchev–Trinajstić information content (AvgIpc) is 2.41. The van der Waals surface area contributed by atoms with Gasteiger partial charge in [-0.05, 0) is 43.9 Å². The third-order valence-electron chi connectivity index (χ3n) is 4.19. The van der Waals surface area contributed by atoms with Gasteiger partial charge in [0.15, 0.2) is 0 Å². The Labute approximate surface area is 115 Å². The molecule has 0 saturated heterocycles. The van der Waals surface area contributed by atoms with E-state index < -0.39 is 0 Å². The lowest BCUT2D eigenvalue weighted by Crippen LogP contribution is -2.43.